The van der Waals surface area contributed by atoms with Crippen LogP contribution in [0.5, 0.6) is 0 Å². The van der Waals surface area contributed by atoms with Gasteiger partial charge in [-0.05, 0) is 51.0 Å². The van der Waals surface area contributed by atoms with Crippen molar-refractivity contribution in [1.29, 1.82) is 0 Å². The largest absolute Gasteiger partial charge is 0.368 e. The van der Waals surface area contributed by atoms with Crippen LogP contribution in [0, 0.1) is 5.92 Å². The lowest BCUT2D eigenvalue weighted by Crippen LogP contribution is -2.52. The number of nitrogens with zero attached hydrogens (tertiary/aromatic N) is 5. The molecule has 2 aliphatic heterocycles. The number of benzene rings is 1. The van der Waals surface area contributed by atoms with Crippen LogP contribution < -0.4 is 4.90 Å². The SMILES string of the molecule is CCn1cnc(S(=O)(=O)N2CCC(C(=O)N3CCN(c4ccc(C(C)=O)cc4)CC3)CC2)c1. The highest BCUT2D eigenvalue weighted by atomic mass is 32.2. The molecule has 178 valence electrons. The summed E-state index contributed by atoms with van der Waals surface area (Å²) in [7, 11) is -3.62. The molecule has 0 bridgehead atoms. The summed E-state index contributed by atoms with van der Waals surface area (Å²) in [4.78, 5) is 32.7. The van der Waals surface area contributed by atoms with Crippen LogP contribution in [0.25, 0.3) is 0 Å². The monoisotopic (exact) mass is 473 g/mol. The van der Waals surface area contributed by atoms with E-state index in [4.69, 9.17) is 0 Å². The number of imidazole rings is 1. The Kier molecular flexibility index (Phi) is 6.85. The molecule has 0 radical (unpaired) electrons. The van der Waals surface area contributed by atoms with E-state index in [1.54, 1.807) is 17.7 Å². The highest BCUT2D eigenvalue weighted by Gasteiger charge is 2.35. The van der Waals surface area contributed by atoms with Crippen LogP contribution in [0.2, 0.25) is 0 Å². The average Bonchev–Trinajstić information content (AvgIpc) is 3.34. The van der Waals surface area contributed by atoms with Crippen molar-refractivity contribution in [2.75, 3.05) is 44.2 Å². The van der Waals surface area contributed by atoms with Gasteiger partial charge in [0.25, 0.3) is 10.0 Å². The number of aromatic nitrogens is 2. The Morgan fingerprint density at radius 1 is 1.00 bits per heavy atom. The number of rotatable bonds is 6. The molecule has 1 aromatic carbocycles. The van der Waals surface area contributed by atoms with Crippen molar-refractivity contribution in [2.45, 2.75) is 38.3 Å². The zero-order chi connectivity index (χ0) is 23.6. The second-order valence-electron chi connectivity index (χ2n) is 8.64. The Balaban J connectivity index is 1.29. The minimum absolute atomic E-state index is 0.0476. The third-order valence-corrected chi connectivity index (χ3v) is 8.40. The number of hydrogen-bond donors (Lipinski definition) is 0. The van der Waals surface area contributed by atoms with Crippen molar-refractivity contribution >= 4 is 27.4 Å². The molecule has 2 aromatic rings. The summed E-state index contributed by atoms with van der Waals surface area (Å²) in [5.41, 5.74) is 1.75. The first kappa shape index (κ1) is 23.4. The summed E-state index contributed by atoms with van der Waals surface area (Å²) in [6.45, 7) is 7.56. The van der Waals surface area contributed by atoms with Gasteiger partial charge in [0.05, 0.1) is 6.33 Å². The minimum atomic E-state index is -3.62. The molecule has 9 nitrogen and oxygen atoms in total. The summed E-state index contributed by atoms with van der Waals surface area (Å²) >= 11 is 0. The number of hydrogen-bond acceptors (Lipinski definition) is 6. The molecule has 0 atom stereocenters. The van der Waals surface area contributed by atoms with Gasteiger partial charge in [-0.2, -0.15) is 4.31 Å². The van der Waals surface area contributed by atoms with Crippen LogP contribution in [0.15, 0.2) is 41.8 Å². The summed E-state index contributed by atoms with van der Waals surface area (Å²) in [5, 5.41) is 0.0709. The van der Waals surface area contributed by atoms with Crippen LogP contribution in [0.4, 0.5) is 5.69 Å². The number of piperidine rings is 1. The van der Waals surface area contributed by atoms with E-state index in [2.05, 4.69) is 9.88 Å². The second-order valence-corrected chi connectivity index (χ2v) is 10.5. The van der Waals surface area contributed by atoms with E-state index < -0.39 is 10.0 Å². The molecule has 0 aliphatic carbocycles. The maximum absolute atomic E-state index is 13.1. The Morgan fingerprint density at radius 2 is 1.64 bits per heavy atom. The molecule has 33 heavy (non-hydrogen) atoms. The number of anilines is 1. The molecule has 3 heterocycles. The summed E-state index contributed by atoms with van der Waals surface area (Å²) in [6, 6.07) is 7.58. The van der Waals surface area contributed by atoms with Crippen molar-refractivity contribution in [3.8, 4) is 0 Å². The number of carbonyl (C=O) groups excluding carboxylic acids is 2. The van der Waals surface area contributed by atoms with Gasteiger partial charge in [-0.3, -0.25) is 9.59 Å². The number of amides is 1. The van der Waals surface area contributed by atoms with E-state index in [9.17, 15) is 18.0 Å². The molecule has 4 rings (SSSR count). The van der Waals surface area contributed by atoms with Gasteiger partial charge in [-0.15, -0.1) is 0 Å². The van der Waals surface area contributed by atoms with E-state index in [-0.39, 0.29) is 22.6 Å². The fourth-order valence-corrected chi connectivity index (χ4v) is 5.88. The Labute approximate surface area is 195 Å². The van der Waals surface area contributed by atoms with Gasteiger partial charge in [-0.25, -0.2) is 13.4 Å². The summed E-state index contributed by atoms with van der Waals surface area (Å²) < 4.78 is 28.9. The van der Waals surface area contributed by atoms with Crippen molar-refractivity contribution in [3.05, 3.63) is 42.4 Å². The third kappa shape index (κ3) is 4.96. The lowest BCUT2D eigenvalue weighted by atomic mass is 9.96. The molecule has 0 saturated carbocycles. The molecule has 0 N–H and O–H groups in total. The number of ketones is 1. The molecular formula is C23H31N5O4S. The van der Waals surface area contributed by atoms with Gasteiger partial charge >= 0.3 is 0 Å². The molecular weight excluding hydrogens is 442 g/mol. The number of sulfonamides is 1. The lowest BCUT2D eigenvalue weighted by molar-refractivity contribution is -0.137. The van der Waals surface area contributed by atoms with Gasteiger partial charge in [0.2, 0.25) is 5.91 Å². The minimum Gasteiger partial charge on any atom is -0.368 e. The zero-order valence-corrected chi connectivity index (χ0v) is 20.0. The van der Waals surface area contributed by atoms with E-state index in [0.717, 1.165) is 18.8 Å². The average molecular weight is 474 g/mol. The van der Waals surface area contributed by atoms with Gasteiger partial charge < -0.3 is 14.4 Å². The van der Waals surface area contributed by atoms with E-state index in [0.29, 0.717) is 51.1 Å². The Morgan fingerprint density at radius 3 is 2.18 bits per heavy atom. The quantitative estimate of drug-likeness (QED) is 0.594. The van der Waals surface area contributed by atoms with Gasteiger partial charge in [0.1, 0.15) is 0 Å². The molecule has 10 heteroatoms. The maximum Gasteiger partial charge on any atom is 0.262 e. The Bertz CT molecular complexity index is 1100. The molecule has 1 amide bonds. The first-order chi connectivity index (χ1) is 15.8. The van der Waals surface area contributed by atoms with Crippen molar-refractivity contribution in [1.82, 2.24) is 18.8 Å². The molecule has 0 spiro atoms. The second kappa shape index (κ2) is 9.64. The predicted molar refractivity (Wildman–Crippen MR) is 125 cm³/mol. The van der Waals surface area contributed by atoms with Crippen molar-refractivity contribution < 1.29 is 18.0 Å². The number of carbonyl (C=O) groups is 2. The van der Waals surface area contributed by atoms with Crippen molar-refractivity contribution in [2.24, 2.45) is 5.92 Å². The number of Topliss-reactive ketones (excluding diaryl/α,β-unsaturated/α-hetero) is 1. The number of piperazine rings is 1. The van der Waals surface area contributed by atoms with Crippen LogP contribution in [-0.2, 0) is 21.4 Å². The van der Waals surface area contributed by atoms with Crippen LogP contribution in [-0.4, -0.2) is 78.1 Å². The highest BCUT2D eigenvalue weighted by Crippen LogP contribution is 2.26. The zero-order valence-electron chi connectivity index (χ0n) is 19.2. The predicted octanol–water partition coefficient (Wildman–Crippen LogP) is 1.86. The van der Waals surface area contributed by atoms with E-state index in [1.807, 2.05) is 36.1 Å². The summed E-state index contributed by atoms with van der Waals surface area (Å²) in [5.74, 6) is 0.0198. The van der Waals surface area contributed by atoms with Crippen LogP contribution in [0.3, 0.4) is 0 Å². The lowest BCUT2D eigenvalue weighted by Gasteiger charge is -2.39. The topological polar surface area (TPSA) is 95.8 Å². The van der Waals surface area contributed by atoms with Crippen molar-refractivity contribution in [3.63, 3.8) is 0 Å². The maximum atomic E-state index is 13.1. The van der Waals surface area contributed by atoms with Gasteiger partial charge in [-0.1, -0.05) is 0 Å². The van der Waals surface area contributed by atoms with Gasteiger partial charge in [0, 0.05) is 69.2 Å². The molecule has 2 fully saturated rings. The van der Waals surface area contributed by atoms with Gasteiger partial charge in [0.15, 0.2) is 10.8 Å². The molecule has 2 saturated heterocycles. The number of aryl methyl sites for hydroxylation is 1. The fourth-order valence-electron chi connectivity index (χ4n) is 4.47. The first-order valence-corrected chi connectivity index (χ1v) is 12.9. The molecule has 2 aliphatic rings. The molecule has 1 aromatic heterocycles. The Hall–Kier alpha value is -2.72. The smallest absolute Gasteiger partial charge is 0.262 e. The highest BCUT2D eigenvalue weighted by molar-refractivity contribution is 7.89. The third-order valence-electron chi connectivity index (χ3n) is 6.61. The normalized spacial score (nSPS) is 18.5. The first-order valence-electron chi connectivity index (χ1n) is 11.5. The standard InChI is InChI=1S/C23H31N5O4S/c1-3-25-16-22(24-17-25)33(31,32)28-10-8-20(9-11-28)23(30)27-14-12-26(13-15-27)21-6-4-19(5-7-21)18(2)29/h4-7,16-17,20H,3,8-15H2,1-2H3. The fraction of sp³-hybridized carbons (Fsp3) is 0.522. The summed E-state index contributed by atoms with van der Waals surface area (Å²) in [6.07, 6.45) is 4.14. The van der Waals surface area contributed by atoms with E-state index >= 15 is 0 Å². The van der Waals surface area contributed by atoms with Crippen LogP contribution >= 0.6 is 0 Å². The van der Waals surface area contributed by atoms with Crippen LogP contribution in [0.1, 0.15) is 37.0 Å². The van der Waals surface area contributed by atoms with E-state index in [1.165, 1.54) is 10.6 Å². The molecule has 0 unspecified atom stereocenters.